The lowest BCUT2D eigenvalue weighted by atomic mass is 9.98. The molecule has 21 heavy (non-hydrogen) atoms. The molecule has 2 heterocycles. The van der Waals surface area contributed by atoms with E-state index in [4.69, 9.17) is 4.74 Å². The van der Waals surface area contributed by atoms with E-state index in [2.05, 4.69) is 63.6 Å². The summed E-state index contributed by atoms with van der Waals surface area (Å²) < 4.78 is 6.20. The molecule has 0 bridgehead atoms. The van der Waals surface area contributed by atoms with Crippen LogP contribution in [0.3, 0.4) is 0 Å². The van der Waals surface area contributed by atoms with Crippen LogP contribution >= 0.6 is 33.9 Å². The van der Waals surface area contributed by atoms with Crippen molar-refractivity contribution in [2.75, 3.05) is 19.5 Å². The van der Waals surface area contributed by atoms with Crippen LogP contribution in [-0.4, -0.2) is 29.1 Å². The fourth-order valence-electron chi connectivity index (χ4n) is 1.73. The van der Waals surface area contributed by atoms with Crippen LogP contribution in [0, 0.1) is 3.57 Å². The quantitative estimate of drug-likeness (QED) is 0.768. The van der Waals surface area contributed by atoms with Crippen molar-refractivity contribution < 1.29 is 4.74 Å². The lowest BCUT2D eigenvalue weighted by Crippen LogP contribution is -2.10. The van der Waals surface area contributed by atoms with Crippen LogP contribution < -0.4 is 5.32 Å². The van der Waals surface area contributed by atoms with E-state index in [9.17, 15) is 0 Å². The Morgan fingerprint density at radius 2 is 2.00 bits per heavy atom. The molecular weight excluding hydrogens is 399 g/mol. The second-order valence-corrected chi connectivity index (χ2v) is 7.56. The number of hydrogen-bond donors (Lipinski definition) is 1. The molecule has 0 aromatic carbocycles. The van der Waals surface area contributed by atoms with Gasteiger partial charge in [-0.25, -0.2) is 15.0 Å². The second kappa shape index (κ2) is 6.53. The maximum absolute atomic E-state index is 5.22. The number of anilines is 1. The van der Waals surface area contributed by atoms with Crippen LogP contribution in [0.5, 0.6) is 0 Å². The van der Waals surface area contributed by atoms with Gasteiger partial charge in [-0.2, -0.15) is 0 Å². The van der Waals surface area contributed by atoms with Gasteiger partial charge in [-0.15, -0.1) is 11.3 Å². The van der Waals surface area contributed by atoms with E-state index in [1.165, 1.54) is 0 Å². The number of nitrogens with zero attached hydrogens (tertiary/aromatic N) is 3. The number of aromatic nitrogens is 3. The third kappa shape index (κ3) is 3.70. The topological polar surface area (TPSA) is 59.9 Å². The Bertz CT molecular complexity index is 636. The molecule has 0 spiro atoms. The number of thiazole rings is 1. The molecular formula is C14H19IN4OS. The number of rotatable bonds is 4. The predicted octanol–water partition coefficient (Wildman–Crippen LogP) is 3.69. The Hall–Kier alpha value is -0.800. The molecule has 7 heteroatoms. The van der Waals surface area contributed by atoms with Crippen molar-refractivity contribution in [1.82, 2.24) is 15.0 Å². The zero-order chi connectivity index (χ0) is 15.6. The molecule has 0 atom stereocenters. The van der Waals surface area contributed by atoms with Gasteiger partial charge >= 0.3 is 0 Å². The molecule has 0 aliphatic heterocycles. The average Bonchev–Trinajstić information content (AvgIpc) is 2.91. The van der Waals surface area contributed by atoms with Gasteiger partial charge < -0.3 is 10.1 Å². The van der Waals surface area contributed by atoms with Gasteiger partial charge in [-0.3, -0.25) is 0 Å². The molecule has 2 rings (SSSR count). The van der Waals surface area contributed by atoms with Crippen LogP contribution in [-0.2, 0) is 16.8 Å². The lowest BCUT2D eigenvalue weighted by molar-refractivity contribution is 0.181. The van der Waals surface area contributed by atoms with E-state index in [0.29, 0.717) is 12.4 Å². The largest absolute Gasteiger partial charge is 0.378 e. The normalized spacial score (nSPS) is 11.7. The zero-order valence-corrected chi connectivity index (χ0v) is 15.8. The highest BCUT2D eigenvalue weighted by atomic mass is 127. The van der Waals surface area contributed by atoms with Gasteiger partial charge in [0.05, 0.1) is 20.9 Å². The number of nitrogens with one attached hydrogen (secondary N) is 1. The Balaban J connectivity index is 2.48. The fraction of sp³-hybridized carbons (Fsp3) is 0.500. The molecule has 114 valence electrons. The van der Waals surface area contributed by atoms with Crippen molar-refractivity contribution in [2.45, 2.75) is 32.8 Å². The van der Waals surface area contributed by atoms with Crippen molar-refractivity contribution in [2.24, 2.45) is 0 Å². The van der Waals surface area contributed by atoms with Gasteiger partial charge in [0.1, 0.15) is 11.5 Å². The van der Waals surface area contributed by atoms with Gasteiger partial charge in [0.15, 0.2) is 5.82 Å². The lowest BCUT2D eigenvalue weighted by Gasteiger charge is -2.13. The molecule has 0 unspecified atom stereocenters. The van der Waals surface area contributed by atoms with Crippen molar-refractivity contribution in [3.05, 3.63) is 19.7 Å². The van der Waals surface area contributed by atoms with E-state index in [1.54, 1.807) is 18.4 Å². The zero-order valence-electron chi connectivity index (χ0n) is 12.8. The third-order valence-corrected chi connectivity index (χ3v) is 5.21. The number of methoxy groups -OCH3 is 1. The van der Waals surface area contributed by atoms with Gasteiger partial charge in [0, 0.05) is 25.0 Å². The van der Waals surface area contributed by atoms with Crippen molar-refractivity contribution >= 4 is 39.7 Å². The molecule has 0 aliphatic carbocycles. The first-order chi connectivity index (χ1) is 9.86. The van der Waals surface area contributed by atoms with Crippen LogP contribution in [0.15, 0.2) is 5.38 Å². The minimum Gasteiger partial charge on any atom is -0.378 e. The molecule has 0 saturated carbocycles. The fourth-order valence-corrected chi connectivity index (χ4v) is 3.28. The van der Waals surface area contributed by atoms with Crippen molar-refractivity contribution in [3.8, 4) is 11.5 Å². The summed E-state index contributed by atoms with van der Waals surface area (Å²) in [5, 5.41) is 6.20. The molecule has 5 nitrogen and oxygen atoms in total. The maximum Gasteiger partial charge on any atom is 0.181 e. The molecule has 0 aliphatic rings. The Morgan fingerprint density at radius 3 is 2.52 bits per heavy atom. The summed E-state index contributed by atoms with van der Waals surface area (Å²) in [6, 6.07) is 0. The van der Waals surface area contributed by atoms with Crippen LogP contribution in [0.25, 0.3) is 11.5 Å². The second-order valence-electron chi connectivity index (χ2n) is 5.63. The molecule has 0 fully saturated rings. The van der Waals surface area contributed by atoms with E-state index >= 15 is 0 Å². The minimum atomic E-state index is 0.0350. The number of hydrogen-bond acceptors (Lipinski definition) is 6. The summed E-state index contributed by atoms with van der Waals surface area (Å²) in [6.07, 6.45) is 0. The van der Waals surface area contributed by atoms with Crippen LogP contribution in [0.1, 0.15) is 31.5 Å². The highest BCUT2D eigenvalue weighted by Gasteiger charge is 2.20. The van der Waals surface area contributed by atoms with Gasteiger partial charge in [0.25, 0.3) is 0 Å². The summed E-state index contributed by atoms with van der Waals surface area (Å²) in [7, 11) is 3.52. The van der Waals surface area contributed by atoms with E-state index in [0.717, 1.165) is 25.8 Å². The molecule has 2 aromatic rings. The van der Waals surface area contributed by atoms with E-state index < -0.39 is 0 Å². The number of halogens is 1. The van der Waals surface area contributed by atoms with Gasteiger partial charge in [-0.1, -0.05) is 20.8 Å². The molecule has 0 radical (unpaired) electrons. The smallest absolute Gasteiger partial charge is 0.181 e. The van der Waals surface area contributed by atoms with E-state index in [-0.39, 0.29) is 5.41 Å². The summed E-state index contributed by atoms with van der Waals surface area (Å²) in [4.78, 5) is 13.8. The highest BCUT2D eigenvalue weighted by molar-refractivity contribution is 14.1. The van der Waals surface area contributed by atoms with Crippen LogP contribution in [0.2, 0.25) is 0 Å². The highest BCUT2D eigenvalue weighted by Crippen LogP contribution is 2.30. The first-order valence-corrected chi connectivity index (χ1v) is 8.52. The SMILES string of the molecule is CNc1nc(-c2csc(C(C)(C)C)n2)nc(COC)c1I. The first kappa shape index (κ1) is 16.6. The minimum absolute atomic E-state index is 0.0350. The summed E-state index contributed by atoms with van der Waals surface area (Å²) >= 11 is 3.88. The van der Waals surface area contributed by atoms with Gasteiger partial charge in [-0.05, 0) is 22.6 Å². The summed E-state index contributed by atoms with van der Waals surface area (Å²) in [6.45, 7) is 6.91. The monoisotopic (exact) mass is 418 g/mol. The Kier molecular flexibility index (Phi) is 5.15. The Labute approximate surface area is 142 Å². The summed E-state index contributed by atoms with van der Waals surface area (Å²) in [5.41, 5.74) is 1.72. The maximum atomic E-state index is 5.22. The summed E-state index contributed by atoms with van der Waals surface area (Å²) in [5.74, 6) is 1.44. The van der Waals surface area contributed by atoms with E-state index in [1.807, 2.05) is 12.4 Å². The standard InChI is InChI=1S/C14H19IN4OS/c1-14(2,3)13-18-9(7-21-13)11-17-8(6-20-5)10(15)12(16-4)19-11/h7H,6H2,1-5H3,(H,16,17,19). The van der Waals surface area contributed by atoms with Crippen LogP contribution in [0.4, 0.5) is 5.82 Å². The van der Waals surface area contributed by atoms with Gasteiger partial charge in [0.2, 0.25) is 0 Å². The van der Waals surface area contributed by atoms with Crippen molar-refractivity contribution in [3.63, 3.8) is 0 Å². The average molecular weight is 418 g/mol. The molecule has 2 aromatic heterocycles. The third-order valence-electron chi connectivity index (χ3n) is 2.81. The first-order valence-electron chi connectivity index (χ1n) is 6.56. The molecule has 1 N–H and O–H groups in total. The number of ether oxygens (including phenoxy) is 1. The molecule has 0 amide bonds. The Morgan fingerprint density at radius 1 is 1.29 bits per heavy atom. The van der Waals surface area contributed by atoms with Crippen molar-refractivity contribution in [1.29, 1.82) is 0 Å². The molecule has 0 saturated heterocycles. The predicted molar refractivity (Wildman–Crippen MR) is 94.8 cm³/mol.